The molecule has 0 heterocycles. The van der Waals surface area contributed by atoms with E-state index in [2.05, 4.69) is 19.1 Å². The van der Waals surface area contributed by atoms with Crippen LogP contribution in [0.25, 0.3) is 0 Å². The second kappa shape index (κ2) is 22.7. The molecule has 26 heavy (non-hydrogen) atoms. The summed E-state index contributed by atoms with van der Waals surface area (Å²) in [6, 6.07) is 0. The number of unbranched alkanes of at least 4 members (excludes halogenated alkanes) is 16. The molecule has 2 N–H and O–H groups in total. The first kappa shape index (κ1) is 25.7. The van der Waals surface area contributed by atoms with Crippen molar-refractivity contribution in [1.82, 2.24) is 0 Å². The molecule has 0 aromatic heterocycles. The van der Waals surface area contributed by atoms with Crippen molar-refractivity contribution in [3.05, 3.63) is 12.2 Å². The highest BCUT2D eigenvalue weighted by Crippen LogP contribution is 2.14. The minimum absolute atomic E-state index is 0.140. The quantitative estimate of drug-likeness (QED) is 0.166. The number of rotatable bonds is 21. The third kappa shape index (κ3) is 20.0. The van der Waals surface area contributed by atoms with Crippen LogP contribution in [-0.4, -0.2) is 23.4 Å². The molecule has 0 amide bonds. The molecule has 0 aliphatic heterocycles. The molecule has 0 bridgehead atoms. The molecule has 1 unspecified atom stereocenters. The maximum Gasteiger partial charge on any atom is 0.0494 e. The van der Waals surface area contributed by atoms with Crippen molar-refractivity contribution in [2.45, 2.75) is 122 Å². The van der Waals surface area contributed by atoms with E-state index in [1.54, 1.807) is 0 Å². The molecule has 0 spiro atoms. The number of aliphatic hydroxyl groups is 2. The molecule has 0 fully saturated rings. The van der Waals surface area contributed by atoms with Crippen molar-refractivity contribution in [2.75, 3.05) is 13.2 Å². The van der Waals surface area contributed by atoms with Gasteiger partial charge in [0.05, 0.1) is 0 Å². The number of allylic oxidation sites excluding steroid dienone is 1. The fourth-order valence-electron chi connectivity index (χ4n) is 3.51. The van der Waals surface area contributed by atoms with Gasteiger partial charge in [0, 0.05) is 19.1 Å². The van der Waals surface area contributed by atoms with Gasteiger partial charge >= 0.3 is 0 Å². The largest absolute Gasteiger partial charge is 0.396 e. The Bertz CT molecular complexity index is 275. The molecule has 1 atom stereocenters. The molecule has 0 aliphatic carbocycles. The highest BCUT2D eigenvalue weighted by atomic mass is 16.3. The minimum Gasteiger partial charge on any atom is -0.396 e. The van der Waals surface area contributed by atoms with E-state index in [1.807, 2.05) is 0 Å². The third-order valence-electron chi connectivity index (χ3n) is 5.37. The van der Waals surface area contributed by atoms with Crippen LogP contribution in [0.15, 0.2) is 12.2 Å². The Morgan fingerprint density at radius 3 is 1.42 bits per heavy atom. The normalized spacial score (nSPS) is 12.9. The van der Waals surface area contributed by atoms with E-state index < -0.39 is 0 Å². The van der Waals surface area contributed by atoms with Gasteiger partial charge < -0.3 is 10.2 Å². The third-order valence-corrected chi connectivity index (χ3v) is 5.37. The van der Waals surface area contributed by atoms with E-state index in [-0.39, 0.29) is 19.1 Å². The Morgan fingerprint density at radius 1 is 0.615 bits per heavy atom. The Labute approximate surface area is 164 Å². The van der Waals surface area contributed by atoms with Gasteiger partial charge in [-0.05, 0) is 19.3 Å². The van der Waals surface area contributed by atoms with Crippen molar-refractivity contribution in [1.29, 1.82) is 0 Å². The molecule has 0 aromatic rings. The Kier molecular flexibility index (Phi) is 22.4. The van der Waals surface area contributed by atoms with Gasteiger partial charge in [0.15, 0.2) is 0 Å². The Morgan fingerprint density at radius 2 is 1.04 bits per heavy atom. The molecule has 2 nitrogen and oxygen atoms in total. The zero-order chi connectivity index (χ0) is 19.1. The van der Waals surface area contributed by atoms with E-state index in [9.17, 15) is 0 Å². The summed E-state index contributed by atoms with van der Waals surface area (Å²) in [5.74, 6) is 0.140. The van der Waals surface area contributed by atoms with E-state index in [4.69, 9.17) is 10.2 Å². The van der Waals surface area contributed by atoms with Crippen LogP contribution in [0.5, 0.6) is 0 Å². The van der Waals surface area contributed by atoms with Crippen LogP contribution >= 0.6 is 0 Å². The lowest BCUT2D eigenvalue weighted by Gasteiger charge is -2.06. The fraction of sp³-hybridized carbons (Fsp3) is 0.917. The van der Waals surface area contributed by atoms with Crippen LogP contribution in [0.4, 0.5) is 0 Å². The molecule has 0 radical (unpaired) electrons. The summed E-state index contributed by atoms with van der Waals surface area (Å²) >= 11 is 0. The van der Waals surface area contributed by atoms with Crippen LogP contribution < -0.4 is 0 Å². The minimum atomic E-state index is 0.140. The highest BCUT2D eigenvalue weighted by Gasteiger charge is 2.00. The number of hydrogen-bond acceptors (Lipinski definition) is 2. The first-order valence-corrected chi connectivity index (χ1v) is 11.7. The van der Waals surface area contributed by atoms with Crippen LogP contribution in [0.1, 0.15) is 122 Å². The van der Waals surface area contributed by atoms with E-state index >= 15 is 0 Å². The predicted octanol–water partition coefficient (Wildman–Crippen LogP) is 7.19. The lowest BCUT2D eigenvalue weighted by Crippen LogP contribution is -2.04. The van der Waals surface area contributed by atoms with Gasteiger partial charge in [0.25, 0.3) is 0 Å². The van der Waals surface area contributed by atoms with Gasteiger partial charge in [-0.2, -0.15) is 0 Å². The Balaban J connectivity index is 3.14. The second-order valence-electron chi connectivity index (χ2n) is 7.98. The van der Waals surface area contributed by atoms with Gasteiger partial charge in [-0.25, -0.2) is 0 Å². The molecule has 0 aliphatic rings. The summed E-state index contributed by atoms with van der Waals surface area (Å²) in [6.45, 7) is 2.60. The van der Waals surface area contributed by atoms with Crippen molar-refractivity contribution >= 4 is 0 Å². The lowest BCUT2D eigenvalue weighted by atomic mass is 10.0. The molecule has 0 aromatic carbocycles. The molecular formula is C24H48O2. The predicted molar refractivity (Wildman–Crippen MR) is 116 cm³/mol. The molecule has 0 saturated heterocycles. The van der Waals surface area contributed by atoms with Gasteiger partial charge in [0.2, 0.25) is 0 Å². The van der Waals surface area contributed by atoms with Crippen molar-refractivity contribution < 1.29 is 10.2 Å². The summed E-state index contributed by atoms with van der Waals surface area (Å²) < 4.78 is 0. The van der Waals surface area contributed by atoms with Crippen LogP contribution in [0.3, 0.4) is 0 Å². The standard InChI is InChI=1S/C24H48O2/c1-2-3-4-5-6-7-8-9-10-11-12-13-14-15-16-17-18-19-20-24(23-26)21-22-25/h19-20,24-26H,2-18,21-23H2,1H3. The van der Waals surface area contributed by atoms with Crippen molar-refractivity contribution in [2.24, 2.45) is 5.92 Å². The molecule has 0 saturated carbocycles. The van der Waals surface area contributed by atoms with E-state index in [0.717, 1.165) is 6.42 Å². The highest BCUT2D eigenvalue weighted by molar-refractivity contribution is 4.88. The summed E-state index contributed by atoms with van der Waals surface area (Å²) in [7, 11) is 0. The van der Waals surface area contributed by atoms with Crippen LogP contribution in [0.2, 0.25) is 0 Å². The fourth-order valence-corrected chi connectivity index (χ4v) is 3.51. The summed E-state index contributed by atoms with van der Waals surface area (Å²) in [4.78, 5) is 0. The van der Waals surface area contributed by atoms with Gasteiger partial charge in [-0.3, -0.25) is 0 Å². The van der Waals surface area contributed by atoms with Crippen LogP contribution in [0, 0.1) is 5.92 Å². The smallest absolute Gasteiger partial charge is 0.0494 e. The monoisotopic (exact) mass is 368 g/mol. The van der Waals surface area contributed by atoms with Crippen molar-refractivity contribution in [3.63, 3.8) is 0 Å². The van der Waals surface area contributed by atoms with Gasteiger partial charge in [0.1, 0.15) is 0 Å². The molecule has 156 valence electrons. The number of hydrogen-bond donors (Lipinski definition) is 2. The first-order valence-electron chi connectivity index (χ1n) is 11.7. The van der Waals surface area contributed by atoms with Crippen LogP contribution in [-0.2, 0) is 0 Å². The van der Waals surface area contributed by atoms with Gasteiger partial charge in [-0.1, -0.05) is 115 Å². The lowest BCUT2D eigenvalue weighted by molar-refractivity contribution is 0.207. The zero-order valence-electron chi connectivity index (χ0n) is 17.8. The number of aliphatic hydroxyl groups excluding tert-OH is 2. The first-order chi connectivity index (χ1) is 12.8. The summed E-state index contributed by atoms with van der Waals surface area (Å²) in [6.07, 6.45) is 28.6. The van der Waals surface area contributed by atoms with E-state index in [0.29, 0.717) is 6.42 Å². The summed E-state index contributed by atoms with van der Waals surface area (Å²) in [5.41, 5.74) is 0. The average molecular weight is 369 g/mol. The second-order valence-corrected chi connectivity index (χ2v) is 7.98. The SMILES string of the molecule is CCCCCCCCCCCCCCCCCCC=CC(CO)CCO. The maximum atomic E-state index is 9.14. The van der Waals surface area contributed by atoms with Gasteiger partial charge in [-0.15, -0.1) is 0 Å². The maximum absolute atomic E-state index is 9.14. The van der Waals surface area contributed by atoms with E-state index in [1.165, 1.54) is 103 Å². The molecular weight excluding hydrogens is 320 g/mol. The molecule has 2 heteroatoms. The zero-order valence-corrected chi connectivity index (χ0v) is 17.8. The Hall–Kier alpha value is -0.340. The summed E-state index contributed by atoms with van der Waals surface area (Å²) in [5, 5.41) is 18.0. The topological polar surface area (TPSA) is 40.5 Å². The van der Waals surface area contributed by atoms with Crippen molar-refractivity contribution in [3.8, 4) is 0 Å². The molecule has 0 rings (SSSR count). The average Bonchev–Trinajstić information content (AvgIpc) is 2.66.